The van der Waals surface area contributed by atoms with E-state index in [2.05, 4.69) is 14.9 Å². The van der Waals surface area contributed by atoms with Crippen molar-refractivity contribution in [2.45, 2.75) is 31.8 Å². The third-order valence-corrected chi connectivity index (χ3v) is 5.59. The molecule has 2 aromatic rings. The minimum Gasteiger partial charge on any atom is -0.484 e. The van der Waals surface area contributed by atoms with Crippen LogP contribution in [0.3, 0.4) is 0 Å². The number of ether oxygens (including phenoxy) is 1. The fourth-order valence-electron chi connectivity index (χ4n) is 3.61. The zero-order chi connectivity index (χ0) is 18.5. The first-order valence-corrected chi connectivity index (χ1v) is 9.46. The van der Waals surface area contributed by atoms with Gasteiger partial charge in [-0.15, -0.1) is 0 Å². The van der Waals surface area contributed by atoms with Crippen molar-refractivity contribution in [3.63, 3.8) is 0 Å². The van der Waals surface area contributed by atoms with E-state index in [9.17, 15) is 4.79 Å². The Kier molecular flexibility index (Phi) is 4.49. The number of fused-ring (bicyclic) bond motifs is 1. The maximum absolute atomic E-state index is 12.7. The van der Waals surface area contributed by atoms with Crippen LogP contribution < -0.4 is 9.64 Å². The standard InChI is InChI=1S/C18H16Cl3N3O2/c1-10-22-15(21)8-16(23-10)24-4-2-18(3-5-24)9-14(25)12-6-11(19)7-13(20)17(12)26-18/h6-8H,2-5,9H2,1H3. The number of Topliss-reactive ketones (excluding diaryl/α,β-unsaturated/α-hetero) is 1. The van der Waals surface area contributed by atoms with Gasteiger partial charge in [-0.25, -0.2) is 9.97 Å². The molecule has 8 heteroatoms. The van der Waals surface area contributed by atoms with Crippen molar-refractivity contribution >= 4 is 46.4 Å². The van der Waals surface area contributed by atoms with Crippen LogP contribution in [0.5, 0.6) is 5.75 Å². The van der Waals surface area contributed by atoms with Gasteiger partial charge in [0, 0.05) is 37.0 Å². The molecule has 0 atom stereocenters. The van der Waals surface area contributed by atoms with Crippen LogP contribution in [0.2, 0.25) is 15.2 Å². The van der Waals surface area contributed by atoms with E-state index < -0.39 is 5.60 Å². The predicted octanol–water partition coefficient (Wildman–Crippen LogP) is 4.75. The maximum Gasteiger partial charge on any atom is 0.170 e. The molecule has 0 unspecified atom stereocenters. The first kappa shape index (κ1) is 17.8. The molecule has 3 heterocycles. The van der Waals surface area contributed by atoms with Crippen molar-refractivity contribution in [3.05, 3.63) is 44.8 Å². The SMILES string of the molecule is Cc1nc(Cl)cc(N2CCC3(CC2)CC(=O)c2cc(Cl)cc(Cl)c2O3)n1. The van der Waals surface area contributed by atoms with Crippen LogP contribution in [0.4, 0.5) is 5.82 Å². The average Bonchev–Trinajstić information content (AvgIpc) is 2.56. The third-order valence-electron chi connectivity index (χ3n) is 4.90. The van der Waals surface area contributed by atoms with E-state index in [1.165, 1.54) is 0 Å². The van der Waals surface area contributed by atoms with E-state index in [4.69, 9.17) is 39.5 Å². The molecule has 0 bridgehead atoms. The molecular formula is C18H16Cl3N3O2. The Hall–Kier alpha value is -1.56. The summed E-state index contributed by atoms with van der Waals surface area (Å²) < 4.78 is 6.25. The number of piperidine rings is 1. The molecule has 1 fully saturated rings. The summed E-state index contributed by atoms with van der Waals surface area (Å²) >= 11 is 18.3. The summed E-state index contributed by atoms with van der Waals surface area (Å²) in [5.74, 6) is 1.89. The Morgan fingerprint density at radius 2 is 1.85 bits per heavy atom. The summed E-state index contributed by atoms with van der Waals surface area (Å²) in [6.45, 7) is 3.23. The van der Waals surface area contributed by atoms with Gasteiger partial charge >= 0.3 is 0 Å². The molecule has 0 amide bonds. The lowest BCUT2D eigenvalue weighted by Gasteiger charge is -2.44. The zero-order valence-corrected chi connectivity index (χ0v) is 16.3. The molecule has 0 saturated carbocycles. The van der Waals surface area contributed by atoms with Crippen LogP contribution in [0, 0.1) is 6.92 Å². The van der Waals surface area contributed by atoms with Gasteiger partial charge in [0.15, 0.2) is 5.78 Å². The highest BCUT2D eigenvalue weighted by molar-refractivity contribution is 6.36. The highest BCUT2D eigenvalue weighted by atomic mass is 35.5. The first-order chi connectivity index (χ1) is 12.3. The number of carbonyl (C=O) groups excluding carboxylic acids is 1. The molecule has 0 N–H and O–H groups in total. The molecule has 2 aliphatic rings. The summed E-state index contributed by atoms with van der Waals surface area (Å²) in [5.41, 5.74) is -0.0713. The predicted molar refractivity (Wildman–Crippen MR) is 102 cm³/mol. The van der Waals surface area contributed by atoms with Crippen molar-refractivity contribution in [3.8, 4) is 5.75 Å². The van der Waals surface area contributed by atoms with Gasteiger partial charge in [-0.05, 0) is 19.1 Å². The molecule has 4 rings (SSSR count). The van der Waals surface area contributed by atoms with Crippen LogP contribution in [-0.4, -0.2) is 34.4 Å². The van der Waals surface area contributed by atoms with E-state index in [0.29, 0.717) is 64.7 Å². The summed E-state index contributed by atoms with van der Waals surface area (Å²) in [6, 6.07) is 4.99. The number of hydrogen-bond donors (Lipinski definition) is 0. The number of aromatic nitrogens is 2. The Labute approximate surface area is 166 Å². The molecule has 1 spiro atoms. The van der Waals surface area contributed by atoms with Crippen LogP contribution in [0.25, 0.3) is 0 Å². The van der Waals surface area contributed by atoms with E-state index in [-0.39, 0.29) is 5.78 Å². The van der Waals surface area contributed by atoms with Crippen molar-refractivity contribution in [1.29, 1.82) is 0 Å². The molecule has 136 valence electrons. The third kappa shape index (κ3) is 3.24. The molecule has 1 aromatic carbocycles. The first-order valence-electron chi connectivity index (χ1n) is 8.33. The van der Waals surface area contributed by atoms with Gasteiger partial charge in [0.2, 0.25) is 0 Å². The smallest absolute Gasteiger partial charge is 0.170 e. The quantitative estimate of drug-likeness (QED) is 0.633. The Morgan fingerprint density at radius 1 is 1.12 bits per heavy atom. The van der Waals surface area contributed by atoms with Gasteiger partial charge in [0.25, 0.3) is 0 Å². The molecule has 1 aromatic heterocycles. The number of nitrogens with zero attached hydrogens (tertiary/aromatic N) is 3. The van der Waals surface area contributed by atoms with E-state index in [1.54, 1.807) is 18.2 Å². The average molecular weight is 413 g/mol. The van der Waals surface area contributed by atoms with Gasteiger partial charge in [-0.3, -0.25) is 4.79 Å². The van der Waals surface area contributed by atoms with E-state index in [1.807, 2.05) is 6.92 Å². The molecule has 5 nitrogen and oxygen atoms in total. The largest absolute Gasteiger partial charge is 0.484 e. The second kappa shape index (κ2) is 6.55. The fraction of sp³-hybridized carbons (Fsp3) is 0.389. The van der Waals surface area contributed by atoms with Gasteiger partial charge in [-0.2, -0.15) is 0 Å². The topological polar surface area (TPSA) is 55.3 Å². The summed E-state index contributed by atoms with van der Waals surface area (Å²) in [4.78, 5) is 23.3. The van der Waals surface area contributed by atoms with Crippen LogP contribution >= 0.6 is 34.8 Å². The van der Waals surface area contributed by atoms with E-state index in [0.717, 1.165) is 5.82 Å². The number of halogens is 3. The van der Waals surface area contributed by atoms with Crippen LogP contribution in [0.15, 0.2) is 18.2 Å². The Morgan fingerprint density at radius 3 is 2.54 bits per heavy atom. The lowest BCUT2D eigenvalue weighted by molar-refractivity contribution is 0.0232. The van der Waals surface area contributed by atoms with Crippen molar-refractivity contribution in [2.75, 3.05) is 18.0 Å². The van der Waals surface area contributed by atoms with Crippen molar-refractivity contribution in [1.82, 2.24) is 9.97 Å². The fourth-order valence-corrected chi connectivity index (χ4v) is 4.36. The highest BCUT2D eigenvalue weighted by Crippen LogP contribution is 2.44. The van der Waals surface area contributed by atoms with Gasteiger partial charge in [0.05, 0.1) is 17.0 Å². The van der Waals surface area contributed by atoms with Crippen molar-refractivity contribution < 1.29 is 9.53 Å². The lowest BCUT2D eigenvalue weighted by atomic mass is 9.82. The Bertz CT molecular complexity index is 875. The number of benzene rings is 1. The summed E-state index contributed by atoms with van der Waals surface area (Å²) in [6.07, 6.45) is 1.71. The number of carbonyl (C=O) groups is 1. The van der Waals surface area contributed by atoms with Gasteiger partial charge in [0.1, 0.15) is 28.1 Å². The minimum absolute atomic E-state index is 0.0185. The lowest BCUT2D eigenvalue weighted by Crippen LogP contribution is -2.51. The van der Waals surface area contributed by atoms with E-state index >= 15 is 0 Å². The number of hydrogen-bond acceptors (Lipinski definition) is 5. The van der Waals surface area contributed by atoms with Crippen LogP contribution in [-0.2, 0) is 0 Å². The second-order valence-corrected chi connectivity index (χ2v) is 7.96. The minimum atomic E-state index is -0.538. The number of anilines is 1. The zero-order valence-electron chi connectivity index (χ0n) is 14.1. The molecule has 1 saturated heterocycles. The number of rotatable bonds is 1. The Balaban J connectivity index is 1.56. The number of ketones is 1. The maximum atomic E-state index is 12.7. The monoisotopic (exact) mass is 411 g/mol. The molecule has 0 radical (unpaired) electrons. The van der Waals surface area contributed by atoms with Crippen LogP contribution in [0.1, 0.15) is 35.4 Å². The van der Waals surface area contributed by atoms with Crippen molar-refractivity contribution in [2.24, 2.45) is 0 Å². The second-order valence-electron chi connectivity index (χ2n) is 6.73. The summed E-state index contributed by atoms with van der Waals surface area (Å²) in [7, 11) is 0. The summed E-state index contributed by atoms with van der Waals surface area (Å²) in [5, 5.41) is 1.24. The normalized spacial score (nSPS) is 18.6. The molecule has 26 heavy (non-hydrogen) atoms. The molecule has 0 aliphatic carbocycles. The van der Waals surface area contributed by atoms with Gasteiger partial charge < -0.3 is 9.64 Å². The molecular weight excluding hydrogens is 397 g/mol. The van der Waals surface area contributed by atoms with Gasteiger partial charge in [-0.1, -0.05) is 34.8 Å². The molecule has 2 aliphatic heterocycles. The highest BCUT2D eigenvalue weighted by Gasteiger charge is 2.44. The number of aryl methyl sites for hydroxylation is 1.